The van der Waals surface area contributed by atoms with Crippen LogP contribution in [0, 0.1) is 0 Å². The zero-order chi connectivity index (χ0) is 18.8. The summed E-state index contributed by atoms with van der Waals surface area (Å²) in [5, 5.41) is 1.90. The summed E-state index contributed by atoms with van der Waals surface area (Å²) in [6, 6.07) is 4.49. The molecule has 0 saturated carbocycles. The maximum absolute atomic E-state index is 12.1. The highest BCUT2D eigenvalue weighted by molar-refractivity contribution is 7.92. The number of carbonyl (C=O) groups is 3. The Morgan fingerprint density at radius 1 is 1.28 bits per heavy atom. The van der Waals surface area contributed by atoms with Crippen LogP contribution >= 0.6 is 0 Å². The van der Waals surface area contributed by atoms with Gasteiger partial charge in [-0.25, -0.2) is 18.0 Å². The number of ether oxygens (including phenoxy) is 2. The van der Waals surface area contributed by atoms with Crippen molar-refractivity contribution < 1.29 is 32.3 Å². The average molecular weight is 370 g/mol. The van der Waals surface area contributed by atoms with Crippen LogP contribution in [0.1, 0.15) is 22.8 Å². The summed E-state index contributed by atoms with van der Waals surface area (Å²) in [6.07, 6.45) is -0.563. The van der Waals surface area contributed by atoms with Gasteiger partial charge in [-0.15, -0.1) is 0 Å². The van der Waals surface area contributed by atoms with E-state index in [2.05, 4.69) is 4.74 Å². The van der Waals surface area contributed by atoms with Crippen molar-refractivity contribution in [1.29, 1.82) is 0 Å². The normalized spacial score (nSPS) is 14.4. The van der Waals surface area contributed by atoms with Crippen LogP contribution < -0.4 is 9.62 Å². The molecule has 25 heavy (non-hydrogen) atoms. The van der Waals surface area contributed by atoms with Crippen LogP contribution in [0.4, 0.5) is 10.5 Å². The number of esters is 1. The molecule has 1 aliphatic heterocycles. The van der Waals surface area contributed by atoms with Gasteiger partial charge in [-0.1, -0.05) is 0 Å². The number of amides is 2. The van der Waals surface area contributed by atoms with Crippen molar-refractivity contribution in [2.75, 3.05) is 24.2 Å². The Bertz CT molecular complexity index is 819. The van der Waals surface area contributed by atoms with Crippen LogP contribution in [-0.4, -0.2) is 52.4 Å². The number of imide groups is 1. The quantitative estimate of drug-likeness (QED) is 0.764. The third-order valence-electron chi connectivity index (χ3n) is 3.63. The summed E-state index contributed by atoms with van der Waals surface area (Å²) in [5.41, 5.74) is 1.41. The van der Waals surface area contributed by atoms with E-state index in [0.717, 1.165) is 13.4 Å². The molecule has 9 nitrogen and oxygen atoms in total. The van der Waals surface area contributed by atoms with Crippen LogP contribution in [0.5, 0.6) is 0 Å². The number of alkyl carbamates (subject to hydrolysis) is 1. The van der Waals surface area contributed by atoms with Crippen LogP contribution in [-0.2, 0) is 30.7 Å². The van der Waals surface area contributed by atoms with Crippen molar-refractivity contribution in [3.8, 4) is 0 Å². The lowest BCUT2D eigenvalue weighted by molar-refractivity contribution is -0.128. The highest BCUT2D eigenvalue weighted by Crippen LogP contribution is 2.30. The van der Waals surface area contributed by atoms with Gasteiger partial charge < -0.3 is 9.47 Å². The van der Waals surface area contributed by atoms with Gasteiger partial charge in [0, 0.05) is 6.54 Å². The van der Waals surface area contributed by atoms with E-state index in [9.17, 15) is 22.8 Å². The van der Waals surface area contributed by atoms with E-state index < -0.39 is 34.1 Å². The highest BCUT2D eigenvalue weighted by Gasteiger charge is 2.28. The first-order valence-corrected chi connectivity index (χ1v) is 9.18. The zero-order valence-electron chi connectivity index (χ0n) is 13.9. The number of carbonyl (C=O) groups excluding carboxylic acids is 3. The van der Waals surface area contributed by atoms with Gasteiger partial charge >= 0.3 is 12.1 Å². The molecule has 0 aliphatic carbocycles. The smallest absolute Gasteiger partial charge is 0.413 e. The first-order valence-electron chi connectivity index (χ1n) is 7.34. The number of benzene rings is 1. The number of hydrogen-bond donors (Lipinski definition) is 1. The average Bonchev–Trinajstić information content (AvgIpc) is 2.97. The number of sulfonamides is 1. The predicted molar refractivity (Wildman–Crippen MR) is 87.8 cm³/mol. The lowest BCUT2D eigenvalue weighted by Crippen LogP contribution is -2.39. The molecule has 0 saturated heterocycles. The monoisotopic (exact) mass is 370 g/mol. The topological polar surface area (TPSA) is 119 Å². The van der Waals surface area contributed by atoms with Crippen LogP contribution in [0.25, 0.3) is 0 Å². The second kappa shape index (κ2) is 7.09. The summed E-state index contributed by atoms with van der Waals surface area (Å²) in [7, 11) is -2.27. The third kappa shape index (κ3) is 4.27. The molecular formula is C15H18N2O7S. The van der Waals surface area contributed by atoms with Gasteiger partial charge in [0.15, 0.2) is 6.10 Å². The Balaban J connectivity index is 2.09. The SMILES string of the molecule is COC(=O)NC(=O)[C@H](C)OC(=O)c1ccc2c(c1)CCN2S(C)(=O)=O. The number of methoxy groups -OCH3 is 1. The number of rotatable bonds is 4. The van der Waals surface area contributed by atoms with Crippen molar-refractivity contribution in [2.45, 2.75) is 19.4 Å². The third-order valence-corrected chi connectivity index (χ3v) is 4.81. The van der Waals surface area contributed by atoms with Crippen LogP contribution in [0.3, 0.4) is 0 Å². The molecule has 2 amide bonds. The van der Waals surface area contributed by atoms with E-state index in [-0.39, 0.29) is 5.56 Å². The minimum Gasteiger partial charge on any atom is -0.453 e. The van der Waals surface area contributed by atoms with Crippen LogP contribution in [0.15, 0.2) is 18.2 Å². The second-order valence-electron chi connectivity index (χ2n) is 5.46. The van der Waals surface area contributed by atoms with Crippen LogP contribution in [0.2, 0.25) is 0 Å². The number of nitrogens with one attached hydrogen (secondary N) is 1. The molecule has 136 valence electrons. The fraction of sp³-hybridized carbons (Fsp3) is 0.400. The summed E-state index contributed by atoms with van der Waals surface area (Å²) in [5.74, 6) is -1.57. The minimum atomic E-state index is -3.37. The van der Waals surface area contributed by atoms with Gasteiger partial charge in [0.05, 0.1) is 24.6 Å². The number of fused-ring (bicyclic) bond motifs is 1. The van der Waals surface area contributed by atoms with Crippen molar-refractivity contribution in [3.05, 3.63) is 29.3 Å². The maximum Gasteiger partial charge on any atom is 0.413 e. The molecule has 0 bridgehead atoms. The number of nitrogens with zero attached hydrogens (tertiary/aromatic N) is 1. The van der Waals surface area contributed by atoms with E-state index in [4.69, 9.17) is 4.74 Å². The molecule has 0 aromatic heterocycles. The first kappa shape index (κ1) is 18.7. The molecule has 1 atom stereocenters. The summed E-state index contributed by atoms with van der Waals surface area (Å²) < 4.78 is 34.0. The van der Waals surface area contributed by atoms with Gasteiger partial charge in [-0.3, -0.25) is 14.4 Å². The standard InChI is InChI=1S/C15H18N2O7S/c1-9(13(18)16-15(20)23-2)24-14(19)11-4-5-12-10(8-11)6-7-17(12)25(3,21)22/h4-5,8-9H,6-7H2,1-3H3,(H,16,18,20)/t9-/m0/s1. The predicted octanol–water partition coefficient (Wildman–Crippen LogP) is 0.437. The van der Waals surface area contributed by atoms with Crippen molar-refractivity contribution in [3.63, 3.8) is 0 Å². The van der Waals surface area contributed by atoms with Crippen molar-refractivity contribution in [2.24, 2.45) is 0 Å². The summed E-state index contributed by atoms with van der Waals surface area (Å²) >= 11 is 0. The molecule has 0 spiro atoms. The van der Waals surface area contributed by atoms with Gasteiger partial charge in [0.2, 0.25) is 10.0 Å². The van der Waals surface area contributed by atoms with Gasteiger partial charge in [0.1, 0.15) is 0 Å². The van der Waals surface area contributed by atoms with E-state index in [1.807, 2.05) is 5.32 Å². The fourth-order valence-corrected chi connectivity index (χ4v) is 3.34. The molecule has 1 aromatic rings. The van der Waals surface area contributed by atoms with Gasteiger partial charge in [-0.05, 0) is 37.1 Å². The van der Waals surface area contributed by atoms with Crippen molar-refractivity contribution in [1.82, 2.24) is 5.32 Å². The molecule has 2 rings (SSSR count). The molecular weight excluding hydrogens is 352 g/mol. The van der Waals surface area contributed by atoms with Gasteiger partial charge in [-0.2, -0.15) is 0 Å². The molecule has 1 N–H and O–H groups in total. The highest BCUT2D eigenvalue weighted by atomic mass is 32.2. The molecule has 0 radical (unpaired) electrons. The van der Waals surface area contributed by atoms with Crippen molar-refractivity contribution >= 4 is 33.7 Å². The number of hydrogen-bond acceptors (Lipinski definition) is 7. The summed E-state index contributed by atoms with van der Waals surface area (Å²) in [4.78, 5) is 34.8. The van der Waals surface area contributed by atoms with E-state index in [1.54, 1.807) is 0 Å². The lowest BCUT2D eigenvalue weighted by Gasteiger charge is -2.16. The minimum absolute atomic E-state index is 0.187. The molecule has 1 aliphatic rings. The summed E-state index contributed by atoms with van der Waals surface area (Å²) in [6.45, 7) is 1.62. The Kier molecular flexibility index (Phi) is 5.31. The first-order chi connectivity index (χ1) is 11.6. The molecule has 1 aromatic carbocycles. The Labute approximate surface area is 144 Å². The Hall–Kier alpha value is -2.62. The largest absolute Gasteiger partial charge is 0.453 e. The zero-order valence-corrected chi connectivity index (χ0v) is 14.8. The Morgan fingerprint density at radius 3 is 2.56 bits per heavy atom. The molecule has 10 heteroatoms. The van der Waals surface area contributed by atoms with Gasteiger partial charge in [0.25, 0.3) is 5.91 Å². The fourth-order valence-electron chi connectivity index (χ4n) is 2.38. The lowest BCUT2D eigenvalue weighted by atomic mass is 10.1. The molecule has 0 unspecified atom stereocenters. The van der Waals surface area contributed by atoms with E-state index in [0.29, 0.717) is 24.2 Å². The maximum atomic E-state index is 12.1. The van der Waals surface area contributed by atoms with E-state index in [1.165, 1.54) is 29.4 Å². The molecule has 0 fully saturated rings. The molecule has 1 heterocycles. The van der Waals surface area contributed by atoms with E-state index >= 15 is 0 Å². The number of anilines is 1. The Morgan fingerprint density at radius 2 is 1.96 bits per heavy atom. The second-order valence-corrected chi connectivity index (χ2v) is 7.36.